The van der Waals surface area contributed by atoms with E-state index in [0.717, 1.165) is 17.5 Å². The summed E-state index contributed by atoms with van der Waals surface area (Å²) < 4.78 is 6.47. The quantitative estimate of drug-likeness (QED) is 0.702. The highest BCUT2D eigenvalue weighted by atomic mass is 16.5. The van der Waals surface area contributed by atoms with Crippen LogP contribution in [0.15, 0.2) is 73.3 Å². The summed E-state index contributed by atoms with van der Waals surface area (Å²) in [6.45, 7) is 10.8. The van der Waals surface area contributed by atoms with Gasteiger partial charge in [0.15, 0.2) is 0 Å². The molecular formula is C22H29NO. The van der Waals surface area contributed by atoms with Gasteiger partial charge in [-0.15, -0.1) is 6.58 Å². The summed E-state index contributed by atoms with van der Waals surface area (Å²) >= 11 is 0. The molecule has 0 saturated carbocycles. The van der Waals surface area contributed by atoms with Gasteiger partial charge in [-0.1, -0.05) is 73.7 Å². The van der Waals surface area contributed by atoms with Crippen LogP contribution in [0, 0.1) is 5.92 Å². The highest BCUT2D eigenvalue weighted by Gasteiger charge is 2.51. The van der Waals surface area contributed by atoms with Gasteiger partial charge >= 0.3 is 0 Å². The Morgan fingerprint density at radius 2 is 1.50 bits per heavy atom. The van der Waals surface area contributed by atoms with E-state index in [4.69, 9.17) is 10.5 Å². The van der Waals surface area contributed by atoms with Gasteiger partial charge in [0.2, 0.25) is 0 Å². The van der Waals surface area contributed by atoms with Crippen molar-refractivity contribution in [3.63, 3.8) is 0 Å². The second-order valence-electron chi connectivity index (χ2n) is 6.55. The Labute approximate surface area is 146 Å². The Morgan fingerprint density at radius 3 is 1.88 bits per heavy atom. The molecule has 24 heavy (non-hydrogen) atoms. The molecule has 0 aliphatic heterocycles. The molecule has 0 heterocycles. The fraction of sp³-hybridized carbons (Fsp3) is 0.364. The molecule has 2 unspecified atom stereocenters. The number of allylic oxidation sites excluding steroid dienone is 1. The van der Waals surface area contributed by atoms with Crippen LogP contribution in [0.2, 0.25) is 0 Å². The van der Waals surface area contributed by atoms with Gasteiger partial charge in [-0.3, -0.25) is 0 Å². The average Bonchev–Trinajstić information content (AvgIpc) is 2.61. The lowest BCUT2D eigenvalue weighted by Crippen LogP contribution is -2.62. The highest BCUT2D eigenvalue weighted by molar-refractivity contribution is 5.41. The van der Waals surface area contributed by atoms with Gasteiger partial charge in [-0.2, -0.15) is 0 Å². The Bertz CT molecular complexity index is 594. The van der Waals surface area contributed by atoms with E-state index in [1.54, 1.807) is 0 Å². The first-order valence-electron chi connectivity index (χ1n) is 8.65. The van der Waals surface area contributed by atoms with E-state index in [1.165, 1.54) is 0 Å². The summed E-state index contributed by atoms with van der Waals surface area (Å²) in [5, 5.41) is 0. The van der Waals surface area contributed by atoms with Gasteiger partial charge in [0.05, 0.1) is 5.54 Å². The van der Waals surface area contributed by atoms with E-state index < -0.39 is 11.1 Å². The molecule has 128 valence electrons. The van der Waals surface area contributed by atoms with Gasteiger partial charge in [0.25, 0.3) is 0 Å². The Hall–Kier alpha value is -1.90. The first kappa shape index (κ1) is 18.4. The van der Waals surface area contributed by atoms with E-state index in [-0.39, 0.29) is 5.92 Å². The third kappa shape index (κ3) is 3.17. The van der Waals surface area contributed by atoms with Gasteiger partial charge < -0.3 is 10.5 Å². The minimum absolute atomic E-state index is 0.196. The Balaban J connectivity index is 2.74. The number of hydrogen-bond donors (Lipinski definition) is 1. The summed E-state index contributed by atoms with van der Waals surface area (Å²) in [6.07, 6.45) is 2.77. The lowest BCUT2D eigenvalue weighted by atomic mass is 9.65. The summed E-state index contributed by atoms with van der Waals surface area (Å²) in [5.74, 6) is 0.196. The van der Waals surface area contributed by atoms with Gasteiger partial charge in [-0.05, 0) is 37.3 Å². The second-order valence-corrected chi connectivity index (χ2v) is 6.55. The van der Waals surface area contributed by atoms with Crippen LogP contribution in [0.1, 0.15) is 38.3 Å². The molecular weight excluding hydrogens is 294 g/mol. The lowest BCUT2D eigenvalue weighted by Gasteiger charge is -2.50. The van der Waals surface area contributed by atoms with Crippen LogP contribution < -0.4 is 5.73 Å². The van der Waals surface area contributed by atoms with Crippen molar-refractivity contribution in [2.45, 2.75) is 38.3 Å². The van der Waals surface area contributed by atoms with E-state index in [9.17, 15) is 0 Å². The van der Waals surface area contributed by atoms with E-state index >= 15 is 0 Å². The zero-order valence-corrected chi connectivity index (χ0v) is 15.0. The van der Waals surface area contributed by atoms with Crippen LogP contribution in [-0.4, -0.2) is 12.1 Å². The minimum atomic E-state index is -0.716. The molecule has 2 aromatic carbocycles. The third-order valence-corrected chi connectivity index (χ3v) is 5.02. The maximum absolute atomic E-state index is 7.00. The topological polar surface area (TPSA) is 35.2 Å². The van der Waals surface area contributed by atoms with Crippen LogP contribution in [0.4, 0.5) is 0 Å². The van der Waals surface area contributed by atoms with E-state index in [0.29, 0.717) is 6.61 Å². The molecule has 2 aromatic rings. The molecule has 0 saturated heterocycles. The van der Waals surface area contributed by atoms with Crippen LogP contribution >= 0.6 is 0 Å². The fourth-order valence-corrected chi connectivity index (χ4v) is 3.51. The van der Waals surface area contributed by atoms with Crippen LogP contribution in [0.25, 0.3) is 0 Å². The largest absolute Gasteiger partial charge is 0.364 e. The van der Waals surface area contributed by atoms with Gasteiger partial charge in [0.1, 0.15) is 5.60 Å². The van der Waals surface area contributed by atoms with Crippen LogP contribution in [0.3, 0.4) is 0 Å². The first-order chi connectivity index (χ1) is 11.5. The molecule has 0 bridgehead atoms. The Morgan fingerprint density at radius 1 is 1.04 bits per heavy atom. The second kappa shape index (κ2) is 7.78. The molecule has 2 atom stereocenters. The Kier molecular flexibility index (Phi) is 5.98. The predicted octanol–water partition coefficient (Wildman–Crippen LogP) is 4.90. The number of hydrogen-bond acceptors (Lipinski definition) is 2. The molecule has 0 radical (unpaired) electrons. The molecule has 2 heteroatoms. The highest BCUT2D eigenvalue weighted by Crippen LogP contribution is 2.45. The predicted molar refractivity (Wildman–Crippen MR) is 102 cm³/mol. The zero-order valence-electron chi connectivity index (χ0n) is 15.0. The molecule has 0 aliphatic rings. The zero-order chi connectivity index (χ0) is 17.6. The molecule has 0 aliphatic carbocycles. The van der Waals surface area contributed by atoms with E-state index in [1.807, 2.05) is 49.4 Å². The molecule has 2 rings (SSSR count). The number of benzene rings is 2. The fourth-order valence-electron chi connectivity index (χ4n) is 3.51. The average molecular weight is 323 g/mol. The van der Waals surface area contributed by atoms with Gasteiger partial charge in [0, 0.05) is 6.61 Å². The van der Waals surface area contributed by atoms with Crippen LogP contribution in [-0.2, 0) is 10.3 Å². The number of rotatable bonds is 8. The van der Waals surface area contributed by atoms with Crippen molar-refractivity contribution in [1.29, 1.82) is 0 Å². The van der Waals surface area contributed by atoms with Crippen molar-refractivity contribution < 1.29 is 4.74 Å². The van der Waals surface area contributed by atoms with Gasteiger partial charge in [-0.25, -0.2) is 0 Å². The molecule has 2 nitrogen and oxygen atoms in total. The van der Waals surface area contributed by atoms with Crippen molar-refractivity contribution in [2.24, 2.45) is 11.7 Å². The molecule has 0 fully saturated rings. The molecule has 0 amide bonds. The molecule has 2 N–H and O–H groups in total. The number of ether oxygens (including phenoxy) is 1. The smallest absolute Gasteiger partial charge is 0.136 e. The summed E-state index contributed by atoms with van der Waals surface area (Å²) in [6, 6.07) is 20.6. The van der Waals surface area contributed by atoms with Crippen molar-refractivity contribution in [1.82, 2.24) is 0 Å². The first-order valence-corrected chi connectivity index (χ1v) is 8.65. The van der Waals surface area contributed by atoms with Crippen molar-refractivity contribution in [2.75, 3.05) is 6.61 Å². The minimum Gasteiger partial charge on any atom is -0.364 e. The lowest BCUT2D eigenvalue weighted by molar-refractivity contribution is -0.0808. The normalized spacial score (nSPS) is 15.5. The molecule has 0 aromatic heterocycles. The van der Waals surface area contributed by atoms with Crippen LogP contribution in [0.5, 0.6) is 0 Å². The maximum Gasteiger partial charge on any atom is 0.136 e. The molecule has 0 spiro atoms. The summed E-state index contributed by atoms with van der Waals surface area (Å²) in [7, 11) is 0. The van der Waals surface area contributed by atoms with Crippen molar-refractivity contribution in [3.8, 4) is 0 Å². The summed E-state index contributed by atoms with van der Waals surface area (Å²) in [4.78, 5) is 0. The van der Waals surface area contributed by atoms with Crippen molar-refractivity contribution >= 4 is 0 Å². The van der Waals surface area contributed by atoms with E-state index in [2.05, 4.69) is 44.7 Å². The van der Waals surface area contributed by atoms with Crippen molar-refractivity contribution in [3.05, 3.63) is 84.4 Å². The monoisotopic (exact) mass is 323 g/mol. The standard InChI is InChI=1S/C22H29NO/c1-5-13-18(3)21(4,23)22(24-6-2,19-14-9-7-10-15-19)20-16-11-8-12-17-20/h5,7-12,14-18H,1,6,13,23H2,2-4H3. The number of nitrogens with two attached hydrogens (primary N) is 1. The maximum atomic E-state index is 7.00. The summed E-state index contributed by atoms with van der Waals surface area (Å²) in [5.41, 5.74) is 7.84. The SMILES string of the molecule is C=CCC(C)C(C)(N)C(OCC)(c1ccccc1)c1ccccc1. The third-order valence-electron chi connectivity index (χ3n) is 5.02.